The molecule has 1 aliphatic rings. The average Bonchev–Trinajstić information content (AvgIpc) is 2.86. The van der Waals surface area contributed by atoms with Crippen LogP contribution in [0.5, 0.6) is 0 Å². The topological polar surface area (TPSA) is 98.5 Å². The Hall–Kier alpha value is -1.60. The van der Waals surface area contributed by atoms with Crippen molar-refractivity contribution in [3.63, 3.8) is 0 Å². The first-order valence-electron chi connectivity index (χ1n) is 7.51. The first-order chi connectivity index (χ1) is 10.1. The molecule has 0 spiro atoms. The van der Waals surface area contributed by atoms with Crippen molar-refractivity contribution in [2.45, 2.75) is 32.2 Å². The Morgan fingerprint density at radius 2 is 2.19 bits per heavy atom. The largest absolute Gasteiger partial charge is 0.395 e. The van der Waals surface area contributed by atoms with E-state index in [1.807, 2.05) is 6.92 Å². The predicted molar refractivity (Wildman–Crippen MR) is 81.0 cm³/mol. The fraction of sp³-hybridized carbons (Fsp3) is 0.714. The number of anilines is 1. The lowest BCUT2D eigenvalue weighted by molar-refractivity contribution is 0.0535. The van der Waals surface area contributed by atoms with Crippen LogP contribution in [0.15, 0.2) is 0 Å². The summed E-state index contributed by atoms with van der Waals surface area (Å²) in [6.45, 7) is 4.14. The van der Waals surface area contributed by atoms with E-state index in [4.69, 9.17) is 5.73 Å². The molecule has 1 fully saturated rings. The number of hydrogen-bond donors (Lipinski definition) is 3. The van der Waals surface area contributed by atoms with E-state index in [1.165, 1.54) is 0 Å². The molecule has 2 rings (SSSR count). The molecule has 1 saturated heterocycles. The average molecular weight is 295 g/mol. The number of carbonyl (C=O) groups is 1. The Labute approximate surface area is 125 Å². The highest BCUT2D eigenvalue weighted by atomic mass is 16.3. The van der Waals surface area contributed by atoms with E-state index in [0.29, 0.717) is 18.7 Å². The summed E-state index contributed by atoms with van der Waals surface area (Å²) in [5.41, 5.74) is 7.48. The minimum Gasteiger partial charge on any atom is -0.395 e. The van der Waals surface area contributed by atoms with Gasteiger partial charge in [0.2, 0.25) is 0 Å². The molecule has 0 aliphatic carbocycles. The second-order valence-electron chi connectivity index (χ2n) is 5.57. The summed E-state index contributed by atoms with van der Waals surface area (Å²) < 4.78 is 0. The maximum atomic E-state index is 12.7. The lowest BCUT2D eigenvalue weighted by Crippen LogP contribution is -2.47. The Morgan fingerprint density at radius 1 is 1.52 bits per heavy atom. The molecule has 1 aliphatic heterocycles. The molecule has 7 nitrogen and oxygen atoms in total. The summed E-state index contributed by atoms with van der Waals surface area (Å²) in [6, 6.07) is 0.141. The molecule has 0 aromatic carbocycles. The molecule has 1 aromatic rings. The zero-order valence-corrected chi connectivity index (χ0v) is 12.8. The molecule has 0 saturated carbocycles. The number of hydrogen-bond acceptors (Lipinski definition) is 5. The molecule has 0 unspecified atom stereocenters. The maximum absolute atomic E-state index is 12.7. The summed E-state index contributed by atoms with van der Waals surface area (Å²) >= 11 is 0. The van der Waals surface area contributed by atoms with Crippen LogP contribution in [0.1, 0.15) is 35.9 Å². The molecule has 1 amide bonds. The second kappa shape index (κ2) is 6.91. The van der Waals surface area contributed by atoms with Gasteiger partial charge in [0.25, 0.3) is 5.91 Å². The van der Waals surface area contributed by atoms with Crippen molar-refractivity contribution in [2.24, 2.45) is 0 Å². The van der Waals surface area contributed by atoms with Gasteiger partial charge in [0.15, 0.2) is 5.69 Å². The number of amides is 1. The van der Waals surface area contributed by atoms with Crippen LogP contribution in [0, 0.1) is 0 Å². The summed E-state index contributed by atoms with van der Waals surface area (Å²) in [4.78, 5) is 16.7. The number of nitrogens with one attached hydrogen (secondary N) is 1. The number of nitrogens with two attached hydrogens (primary N) is 1. The standard InChI is InChI=1S/C14H25N5O2/c1-3-11-12(15)13(17-16-11)14(21)19(8-9-20)10-4-6-18(2)7-5-10/h10,20H,3-9,15H2,1-2H3,(H,16,17). The van der Waals surface area contributed by atoms with Gasteiger partial charge in [0, 0.05) is 12.6 Å². The fourth-order valence-electron chi connectivity index (χ4n) is 2.82. The smallest absolute Gasteiger partial charge is 0.276 e. The van der Waals surface area contributed by atoms with E-state index in [9.17, 15) is 9.90 Å². The van der Waals surface area contributed by atoms with Crippen LogP contribution in [0.25, 0.3) is 0 Å². The van der Waals surface area contributed by atoms with Crippen molar-refractivity contribution in [3.8, 4) is 0 Å². The highest BCUT2D eigenvalue weighted by molar-refractivity contribution is 5.97. The quantitative estimate of drug-likeness (QED) is 0.715. The minimum atomic E-state index is -0.188. The summed E-state index contributed by atoms with van der Waals surface area (Å²) in [6.07, 6.45) is 2.53. The number of piperidine rings is 1. The van der Waals surface area contributed by atoms with Gasteiger partial charge in [-0.3, -0.25) is 9.89 Å². The van der Waals surface area contributed by atoms with Gasteiger partial charge in [-0.2, -0.15) is 5.10 Å². The second-order valence-corrected chi connectivity index (χ2v) is 5.57. The van der Waals surface area contributed by atoms with Crippen LogP contribution in [-0.2, 0) is 6.42 Å². The van der Waals surface area contributed by atoms with Gasteiger partial charge >= 0.3 is 0 Å². The number of aryl methyl sites for hydroxylation is 1. The van der Waals surface area contributed by atoms with Crippen molar-refractivity contribution in [3.05, 3.63) is 11.4 Å². The van der Waals surface area contributed by atoms with Crippen molar-refractivity contribution < 1.29 is 9.90 Å². The first-order valence-corrected chi connectivity index (χ1v) is 7.51. The summed E-state index contributed by atoms with van der Waals surface area (Å²) in [5.74, 6) is -0.188. The number of H-pyrrole nitrogens is 1. The van der Waals surface area contributed by atoms with E-state index in [1.54, 1.807) is 4.90 Å². The molecular weight excluding hydrogens is 270 g/mol. The number of aliphatic hydroxyl groups excluding tert-OH is 1. The number of nitrogen functional groups attached to an aromatic ring is 1. The highest BCUT2D eigenvalue weighted by Gasteiger charge is 2.30. The molecule has 21 heavy (non-hydrogen) atoms. The van der Waals surface area contributed by atoms with Gasteiger partial charge in [0.05, 0.1) is 18.0 Å². The predicted octanol–water partition coefficient (Wildman–Crippen LogP) is 0.0830. The van der Waals surface area contributed by atoms with Crippen LogP contribution in [0.3, 0.4) is 0 Å². The van der Waals surface area contributed by atoms with Gasteiger partial charge in [-0.05, 0) is 39.4 Å². The number of carbonyl (C=O) groups excluding carboxylic acids is 1. The van der Waals surface area contributed by atoms with E-state index in [-0.39, 0.29) is 24.2 Å². The SMILES string of the molecule is CCc1[nH]nc(C(=O)N(CCO)C2CCN(C)CC2)c1N. The summed E-state index contributed by atoms with van der Waals surface area (Å²) in [5, 5.41) is 16.2. The van der Waals surface area contributed by atoms with Gasteiger partial charge < -0.3 is 20.6 Å². The molecule has 1 aromatic heterocycles. The first kappa shape index (κ1) is 15.8. The molecule has 118 valence electrons. The van der Waals surface area contributed by atoms with Crippen molar-refractivity contribution >= 4 is 11.6 Å². The monoisotopic (exact) mass is 295 g/mol. The zero-order chi connectivity index (χ0) is 15.4. The van der Waals surface area contributed by atoms with Crippen molar-refractivity contribution in [1.82, 2.24) is 20.0 Å². The van der Waals surface area contributed by atoms with Crippen LogP contribution in [0.4, 0.5) is 5.69 Å². The molecule has 0 radical (unpaired) electrons. The zero-order valence-electron chi connectivity index (χ0n) is 12.8. The highest BCUT2D eigenvalue weighted by Crippen LogP contribution is 2.21. The number of likely N-dealkylation sites (tertiary alicyclic amines) is 1. The Kier molecular flexibility index (Phi) is 5.19. The van der Waals surface area contributed by atoms with E-state index in [0.717, 1.165) is 31.6 Å². The van der Waals surface area contributed by atoms with Crippen LogP contribution < -0.4 is 5.73 Å². The Balaban J connectivity index is 2.16. The van der Waals surface area contributed by atoms with Crippen molar-refractivity contribution in [1.29, 1.82) is 0 Å². The number of rotatable bonds is 5. The molecule has 2 heterocycles. The van der Waals surface area contributed by atoms with Gasteiger partial charge in [0.1, 0.15) is 0 Å². The van der Waals surface area contributed by atoms with Gasteiger partial charge in [-0.25, -0.2) is 0 Å². The van der Waals surface area contributed by atoms with E-state index >= 15 is 0 Å². The van der Waals surface area contributed by atoms with E-state index < -0.39 is 0 Å². The van der Waals surface area contributed by atoms with Gasteiger partial charge in [-0.15, -0.1) is 0 Å². The number of aromatic nitrogens is 2. The number of nitrogens with zero attached hydrogens (tertiary/aromatic N) is 3. The third kappa shape index (κ3) is 3.36. The Bertz CT molecular complexity index is 480. The lowest BCUT2D eigenvalue weighted by atomic mass is 10.0. The van der Waals surface area contributed by atoms with Crippen LogP contribution in [-0.4, -0.2) is 70.3 Å². The van der Waals surface area contributed by atoms with Crippen LogP contribution in [0.2, 0.25) is 0 Å². The molecular formula is C14H25N5O2. The molecule has 0 atom stereocenters. The molecule has 7 heteroatoms. The number of aromatic amines is 1. The third-order valence-corrected chi connectivity index (χ3v) is 4.17. The van der Waals surface area contributed by atoms with Crippen molar-refractivity contribution in [2.75, 3.05) is 39.0 Å². The number of aliphatic hydroxyl groups is 1. The lowest BCUT2D eigenvalue weighted by Gasteiger charge is -2.36. The Morgan fingerprint density at radius 3 is 2.71 bits per heavy atom. The molecule has 0 bridgehead atoms. The van der Waals surface area contributed by atoms with Gasteiger partial charge in [-0.1, -0.05) is 6.92 Å². The van der Waals surface area contributed by atoms with E-state index in [2.05, 4.69) is 22.1 Å². The third-order valence-electron chi connectivity index (χ3n) is 4.17. The minimum absolute atomic E-state index is 0.0525. The molecule has 4 N–H and O–H groups in total. The maximum Gasteiger partial charge on any atom is 0.276 e. The fourth-order valence-corrected chi connectivity index (χ4v) is 2.82. The van der Waals surface area contributed by atoms with Crippen LogP contribution >= 0.6 is 0 Å². The normalized spacial score (nSPS) is 17.1. The summed E-state index contributed by atoms with van der Waals surface area (Å²) in [7, 11) is 2.08.